The number of nitrogens with one attached hydrogen (secondary N) is 4. The average molecular weight is 448 g/mol. The van der Waals surface area contributed by atoms with Crippen molar-refractivity contribution in [2.45, 2.75) is 19.9 Å². The number of H-pyrrole nitrogens is 2. The van der Waals surface area contributed by atoms with Crippen LogP contribution < -0.4 is 16.2 Å². The molecule has 33 heavy (non-hydrogen) atoms. The van der Waals surface area contributed by atoms with Crippen LogP contribution in [-0.2, 0) is 7.05 Å². The molecule has 5 aromatic rings. The number of aryl methyl sites for hydroxylation is 2. The third-order valence-corrected chi connectivity index (χ3v) is 5.54. The number of pyridine rings is 1. The summed E-state index contributed by atoms with van der Waals surface area (Å²) in [5.41, 5.74) is 5.92. The van der Waals surface area contributed by atoms with Crippen LogP contribution in [0.5, 0.6) is 0 Å². The summed E-state index contributed by atoms with van der Waals surface area (Å²) in [6.45, 7) is 4.37. The molecule has 0 unspecified atom stereocenters. The first kappa shape index (κ1) is 20.8. The SMILES string of the molecule is Cc1cc2nc(-c3c(N[C@@H](C)c4cocn4)c4nn(C)cc4[nH]c3=O)[nH]c2cc1NCCO. The maximum atomic E-state index is 13.2. The van der Waals surface area contributed by atoms with E-state index < -0.39 is 0 Å². The first-order valence-corrected chi connectivity index (χ1v) is 10.5. The third-order valence-electron chi connectivity index (χ3n) is 5.54. The molecule has 5 N–H and O–H groups in total. The van der Waals surface area contributed by atoms with Crippen molar-refractivity contribution in [3.05, 3.63) is 52.6 Å². The van der Waals surface area contributed by atoms with Crippen LogP contribution in [0.2, 0.25) is 0 Å². The van der Waals surface area contributed by atoms with Gasteiger partial charge < -0.3 is 30.1 Å². The van der Waals surface area contributed by atoms with Gasteiger partial charge in [-0.15, -0.1) is 0 Å². The van der Waals surface area contributed by atoms with Crippen molar-refractivity contribution >= 4 is 33.4 Å². The Hall–Kier alpha value is -4.12. The smallest absolute Gasteiger partial charge is 0.261 e. The summed E-state index contributed by atoms with van der Waals surface area (Å²) in [5, 5.41) is 20.3. The van der Waals surface area contributed by atoms with E-state index in [0.717, 1.165) is 22.3 Å². The molecule has 0 amide bonds. The van der Waals surface area contributed by atoms with Crippen LogP contribution in [0, 0.1) is 6.92 Å². The Labute approximate surface area is 187 Å². The van der Waals surface area contributed by atoms with Crippen molar-refractivity contribution in [2.24, 2.45) is 7.05 Å². The zero-order valence-electron chi connectivity index (χ0n) is 18.4. The van der Waals surface area contributed by atoms with Crippen LogP contribution in [0.4, 0.5) is 11.4 Å². The number of benzene rings is 1. The van der Waals surface area contributed by atoms with Crippen LogP contribution in [-0.4, -0.2) is 48.0 Å². The standard InChI is InChI=1S/C22H24N8O3/c1-11-6-14-15(7-13(11)23-4-5-31)27-21(26-14)18-20(25-12(2)17-9-33-10-24-17)19-16(28-22(18)32)8-30(3)29-19/h6-10,12,23,25,31H,4-5H2,1-3H3,(H,26,27)(H,28,32)/t12-/m0/s1. The maximum absolute atomic E-state index is 13.2. The van der Waals surface area contributed by atoms with Crippen molar-refractivity contribution < 1.29 is 9.52 Å². The molecule has 0 fully saturated rings. The minimum atomic E-state index is -0.292. The molecule has 5 rings (SSSR count). The number of oxazole rings is 1. The number of hydrogen-bond acceptors (Lipinski definition) is 8. The number of nitrogens with zero attached hydrogens (tertiary/aromatic N) is 4. The molecular weight excluding hydrogens is 424 g/mol. The Bertz CT molecular complexity index is 1500. The normalized spacial score (nSPS) is 12.5. The van der Waals surface area contributed by atoms with Crippen molar-refractivity contribution in [2.75, 3.05) is 23.8 Å². The van der Waals surface area contributed by atoms with Crippen molar-refractivity contribution in [1.29, 1.82) is 0 Å². The van der Waals surface area contributed by atoms with Crippen molar-refractivity contribution in [3.63, 3.8) is 0 Å². The Kier molecular flexibility index (Phi) is 5.09. The van der Waals surface area contributed by atoms with E-state index in [1.807, 2.05) is 26.0 Å². The molecule has 0 aliphatic carbocycles. The lowest BCUT2D eigenvalue weighted by Crippen LogP contribution is -2.16. The van der Waals surface area contributed by atoms with E-state index in [1.165, 1.54) is 6.39 Å². The zero-order chi connectivity index (χ0) is 23.1. The van der Waals surface area contributed by atoms with Gasteiger partial charge in [0.1, 0.15) is 28.9 Å². The van der Waals surface area contributed by atoms with Gasteiger partial charge in [0.2, 0.25) is 0 Å². The number of aromatic nitrogens is 6. The number of aromatic amines is 2. The number of imidazole rings is 1. The molecule has 0 spiro atoms. The number of aliphatic hydroxyl groups is 1. The van der Waals surface area contributed by atoms with Crippen LogP contribution in [0.3, 0.4) is 0 Å². The number of fused-ring (bicyclic) bond motifs is 2. The van der Waals surface area contributed by atoms with Gasteiger partial charge in [0.25, 0.3) is 5.56 Å². The summed E-state index contributed by atoms with van der Waals surface area (Å²) >= 11 is 0. The maximum Gasteiger partial charge on any atom is 0.261 e. The van der Waals surface area contributed by atoms with Gasteiger partial charge in [0.15, 0.2) is 6.39 Å². The van der Waals surface area contributed by atoms with E-state index >= 15 is 0 Å². The molecule has 0 radical (unpaired) electrons. The van der Waals surface area contributed by atoms with Crippen LogP contribution in [0.15, 0.2) is 40.2 Å². The second-order valence-corrected chi connectivity index (χ2v) is 7.97. The number of anilines is 2. The fourth-order valence-electron chi connectivity index (χ4n) is 3.93. The fraction of sp³-hybridized carbons (Fsp3) is 0.273. The molecule has 0 bridgehead atoms. The highest BCUT2D eigenvalue weighted by Gasteiger charge is 2.22. The van der Waals surface area contributed by atoms with E-state index in [2.05, 4.69) is 30.7 Å². The molecule has 1 atom stereocenters. The highest BCUT2D eigenvalue weighted by Crippen LogP contribution is 2.33. The lowest BCUT2D eigenvalue weighted by molar-refractivity contribution is 0.311. The number of aliphatic hydroxyl groups excluding tert-OH is 1. The quantitative estimate of drug-likeness (QED) is 0.255. The van der Waals surface area contributed by atoms with E-state index in [4.69, 9.17) is 14.5 Å². The zero-order valence-corrected chi connectivity index (χ0v) is 18.4. The van der Waals surface area contributed by atoms with Gasteiger partial charge in [-0.3, -0.25) is 9.48 Å². The summed E-state index contributed by atoms with van der Waals surface area (Å²) in [6.07, 6.45) is 4.69. The fourth-order valence-corrected chi connectivity index (χ4v) is 3.93. The van der Waals surface area contributed by atoms with E-state index in [1.54, 1.807) is 24.2 Å². The first-order chi connectivity index (χ1) is 15.9. The summed E-state index contributed by atoms with van der Waals surface area (Å²) in [7, 11) is 1.80. The number of rotatable bonds is 7. The van der Waals surface area contributed by atoms with E-state index in [0.29, 0.717) is 40.3 Å². The van der Waals surface area contributed by atoms with Gasteiger partial charge >= 0.3 is 0 Å². The van der Waals surface area contributed by atoms with Gasteiger partial charge in [-0.2, -0.15) is 5.10 Å². The summed E-state index contributed by atoms with van der Waals surface area (Å²) in [6, 6.07) is 3.62. The highest BCUT2D eigenvalue weighted by atomic mass is 16.3. The molecule has 4 heterocycles. The van der Waals surface area contributed by atoms with Crippen LogP contribution >= 0.6 is 0 Å². The van der Waals surface area contributed by atoms with Crippen LogP contribution in [0.25, 0.3) is 33.5 Å². The van der Waals surface area contributed by atoms with Crippen LogP contribution in [0.1, 0.15) is 24.2 Å². The lowest BCUT2D eigenvalue weighted by Gasteiger charge is -2.15. The number of hydrogen-bond donors (Lipinski definition) is 5. The average Bonchev–Trinajstić information content (AvgIpc) is 3.51. The Morgan fingerprint density at radius 1 is 1.27 bits per heavy atom. The highest BCUT2D eigenvalue weighted by molar-refractivity contribution is 5.97. The predicted molar refractivity (Wildman–Crippen MR) is 125 cm³/mol. The van der Waals surface area contributed by atoms with Gasteiger partial charge in [-0.1, -0.05) is 0 Å². The second kappa shape index (κ2) is 8.10. The second-order valence-electron chi connectivity index (χ2n) is 7.97. The molecule has 11 heteroatoms. The molecule has 1 aromatic carbocycles. The van der Waals surface area contributed by atoms with E-state index in [9.17, 15) is 4.79 Å². The predicted octanol–water partition coefficient (Wildman–Crippen LogP) is 2.68. The Morgan fingerprint density at radius 3 is 2.88 bits per heavy atom. The van der Waals surface area contributed by atoms with Gasteiger partial charge in [0.05, 0.1) is 34.9 Å². The molecule has 0 aliphatic rings. The lowest BCUT2D eigenvalue weighted by atomic mass is 10.1. The van der Waals surface area contributed by atoms with Crippen molar-refractivity contribution in [3.8, 4) is 11.4 Å². The first-order valence-electron chi connectivity index (χ1n) is 10.5. The van der Waals surface area contributed by atoms with Gasteiger partial charge in [0, 0.05) is 25.5 Å². The molecule has 0 saturated carbocycles. The van der Waals surface area contributed by atoms with Crippen molar-refractivity contribution in [1.82, 2.24) is 29.7 Å². The molecule has 4 aromatic heterocycles. The Morgan fingerprint density at radius 2 is 2.12 bits per heavy atom. The summed E-state index contributed by atoms with van der Waals surface area (Å²) in [4.78, 5) is 28.3. The van der Waals surface area contributed by atoms with E-state index in [-0.39, 0.29) is 18.2 Å². The Balaban J connectivity index is 1.67. The van der Waals surface area contributed by atoms with Gasteiger partial charge in [-0.25, -0.2) is 9.97 Å². The molecule has 170 valence electrons. The third kappa shape index (κ3) is 3.72. The topological polar surface area (TPSA) is 150 Å². The largest absolute Gasteiger partial charge is 0.451 e. The molecule has 11 nitrogen and oxygen atoms in total. The molecule has 0 aliphatic heterocycles. The summed E-state index contributed by atoms with van der Waals surface area (Å²) in [5.74, 6) is 0.423. The molecular formula is C22H24N8O3. The summed E-state index contributed by atoms with van der Waals surface area (Å²) < 4.78 is 6.77. The van der Waals surface area contributed by atoms with Gasteiger partial charge in [-0.05, 0) is 31.5 Å². The minimum absolute atomic E-state index is 0.0317. The molecule has 0 saturated heterocycles. The monoisotopic (exact) mass is 448 g/mol. The minimum Gasteiger partial charge on any atom is -0.451 e.